The van der Waals surface area contributed by atoms with Crippen LogP contribution >= 0.6 is 12.4 Å². The zero-order valence-electron chi connectivity index (χ0n) is 11.6. The molecule has 1 aliphatic heterocycles. The van der Waals surface area contributed by atoms with Gasteiger partial charge in [0.15, 0.2) is 0 Å². The lowest BCUT2D eigenvalue weighted by Crippen LogP contribution is -2.50. The van der Waals surface area contributed by atoms with Crippen molar-refractivity contribution in [1.29, 1.82) is 0 Å². The highest BCUT2D eigenvalue weighted by Crippen LogP contribution is 2.34. The van der Waals surface area contributed by atoms with Crippen LogP contribution in [-0.2, 0) is 4.74 Å². The normalized spacial score (nSPS) is 22.7. The van der Waals surface area contributed by atoms with Crippen LogP contribution in [0.25, 0.3) is 0 Å². The van der Waals surface area contributed by atoms with Gasteiger partial charge in [-0.1, -0.05) is 19.3 Å². The summed E-state index contributed by atoms with van der Waals surface area (Å²) in [5.74, 6) is 0. The van der Waals surface area contributed by atoms with Crippen molar-refractivity contribution in [3.05, 3.63) is 0 Å². The van der Waals surface area contributed by atoms with Gasteiger partial charge in [-0.2, -0.15) is 0 Å². The van der Waals surface area contributed by atoms with E-state index in [0.29, 0.717) is 0 Å². The molecule has 18 heavy (non-hydrogen) atoms. The summed E-state index contributed by atoms with van der Waals surface area (Å²) in [6, 6.07) is 0. The number of ether oxygens (including phenoxy) is 1. The molecule has 1 aliphatic carbocycles. The van der Waals surface area contributed by atoms with Gasteiger partial charge >= 0.3 is 6.09 Å². The average molecular weight is 277 g/mol. The maximum absolute atomic E-state index is 11.9. The number of halogens is 1. The molecule has 2 aliphatic rings. The minimum absolute atomic E-state index is 0. The Labute approximate surface area is 116 Å². The second-order valence-corrected chi connectivity index (χ2v) is 6.33. The maximum Gasteiger partial charge on any atom is 0.424 e. The lowest BCUT2D eigenvalue weighted by molar-refractivity contribution is 0.0152. The van der Waals surface area contributed by atoms with Gasteiger partial charge in [-0.25, -0.2) is 15.2 Å². The highest BCUT2D eigenvalue weighted by atomic mass is 35.5. The van der Waals surface area contributed by atoms with Gasteiger partial charge in [0.1, 0.15) is 5.60 Å². The topological polar surface area (TPSA) is 41.6 Å². The molecular weight excluding hydrogens is 252 g/mol. The van der Waals surface area contributed by atoms with Crippen molar-refractivity contribution < 1.29 is 9.53 Å². The summed E-state index contributed by atoms with van der Waals surface area (Å²) in [7, 11) is 0. The van der Waals surface area contributed by atoms with Crippen molar-refractivity contribution in [2.24, 2.45) is 0 Å². The Hall–Kier alpha value is -0.480. The number of nitrogens with one attached hydrogen (secondary N) is 1. The summed E-state index contributed by atoms with van der Waals surface area (Å²) in [6.45, 7) is 6.47. The molecule has 1 saturated heterocycles. The Morgan fingerprint density at radius 3 is 2.33 bits per heavy atom. The fourth-order valence-electron chi connectivity index (χ4n) is 2.77. The van der Waals surface area contributed by atoms with Crippen molar-refractivity contribution >= 4 is 18.5 Å². The molecule has 0 aromatic heterocycles. The average Bonchev–Trinajstić information content (AvgIpc) is 2.61. The Balaban J connectivity index is 0.00000162. The molecule has 1 heterocycles. The summed E-state index contributed by atoms with van der Waals surface area (Å²) in [5, 5.41) is 1.66. The van der Waals surface area contributed by atoms with Crippen LogP contribution in [0.3, 0.4) is 0 Å². The van der Waals surface area contributed by atoms with E-state index in [9.17, 15) is 4.79 Å². The molecule has 2 fully saturated rings. The third kappa shape index (κ3) is 3.75. The summed E-state index contributed by atoms with van der Waals surface area (Å²) in [6.07, 6.45) is 7.07. The predicted octanol–water partition coefficient (Wildman–Crippen LogP) is 3.26. The van der Waals surface area contributed by atoms with Gasteiger partial charge in [0, 0.05) is 12.1 Å². The van der Waals surface area contributed by atoms with Crippen LogP contribution in [0.15, 0.2) is 0 Å². The molecule has 1 saturated carbocycles. The first-order valence-corrected chi connectivity index (χ1v) is 6.69. The summed E-state index contributed by atoms with van der Waals surface area (Å²) >= 11 is 0. The van der Waals surface area contributed by atoms with Crippen molar-refractivity contribution in [3.63, 3.8) is 0 Å². The van der Waals surface area contributed by atoms with E-state index < -0.39 is 5.60 Å². The molecule has 1 amide bonds. The monoisotopic (exact) mass is 276 g/mol. The van der Waals surface area contributed by atoms with Crippen LogP contribution in [0.4, 0.5) is 4.79 Å². The molecule has 0 radical (unpaired) electrons. The third-order valence-electron chi connectivity index (χ3n) is 3.61. The van der Waals surface area contributed by atoms with E-state index in [2.05, 4.69) is 5.43 Å². The van der Waals surface area contributed by atoms with Crippen LogP contribution in [0.5, 0.6) is 0 Å². The SMILES string of the molecule is CC(C)(C)OC(=O)N1CCC2(CCCCC2)N1.Cl. The number of amides is 1. The minimum Gasteiger partial charge on any atom is -0.443 e. The van der Waals surface area contributed by atoms with E-state index in [1.165, 1.54) is 32.1 Å². The molecule has 4 nitrogen and oxygen atoms in total. The number of hydrogen-bond acceptors (Lipinski definition) is 3. The number of carbonyl (C=O) groups is 1. The van der Waals surface area contributed by atoms with Crippen molar-refractivity contribution in [3.8, 4) is 0 Å². The van der Waals surface area contributed by atoms with Crippen molar-refractivity contribution in [2.45, 2.75) is 70.4 Å². The summed E-state index contributed by atoms with van der Waals surface area (Å²) < 4.78 is 5.38. The first-order valence-electron chi connectivity index (χ1n) is 6.69. The van der Waals surface area contributed by atoms with Crippen LogP contribution < -0.4 is 5.43 Å². The maximum atomic E-state index is 11.9. The van der Waals surface area contributed by atoms with Crippen LogP contribution in [0, 0.1) is 0 Å². The van der Waals surface area contributed by atoms with Gasteiger partial charge in [0.2, 0.25) is 0 Å². The lowest BCUT2D eigenvalue weighted by atomic mass is 9.81. The van der Waals surface area contributed by atoms with E-state index in [1.807, 2.05) is 20.8 Å². The van der Waals surface area contributed by atoms with Gasteiger partial charge < -0.3 is 4.74 Å². The van der Waals surface area contributed by atoms with Gasteiger partial charge in [0.25, 0.3) is 0 Å². The van der Waals surface area contributed by atoms with Gasteiger partial charge in [0.05, 0.1) is 0 Å². The quantitative estimate of drug-likeness (QED) is 0.738. The molecule has 1 N–H and O–H groups in total. The lowest BCUT2D eigenvalue weighted by Gasteiger charge is -2.34. The largest absolute Gasteiger partial charge is 0.443 e. The molecule has 0 atom stereocenters. The summed E-state index contributed by atoms with van der Waals surface area (Å²) in [4.78, 5) is 11.9. The zero-order valence-corrected chi connectivity index (χ0v) is 12.4. The molecule has 1 spiro atoms. The van der Waals surface area contributed by atoms with E-state index in [-0.39, 0.29) is 24.0 Å². The standard InChI is InChI=1S/C13H24N2O2.ClH/c1-12(2,3)17-11(16)15-10-9-13(14-15)7-5-4-6-8-13;/h14H,4-10H2,1-3H3;1H. The first kappa shape index (κ1) is 15.6. The van der Waals surface area contributed by atoms with E-state index >= 15 is 0 Å². The van der Waals surface area contributed by atoms with Gasteiger partial charge in [-0.3, -0.25) is 0 Å². The molecule has 0 aromatic rings. The fourth-order valence-corrected chi connectivity index (χ4v) is 2.77. The van der Waals surface area contributed by atoms with Gasteiger partial charge in [-0.15, -0.1) is 12.4 Å². The number of hydrogen-bond donors (Lipinski definition) is 1. The van der Waals surface area contributed by atoms with E-state index in [0.717, 1.165) is 13.0 Å². The molecule has 0 aromatic carbocycles. The smallest absolute Gasteiger partial charge is 0.424 e. The Kier molecular flexibility index (Phi) is 4.90. The highest BCUT2D eigenvalue weighted by molar-refractivity contribution is 5.85. The Morgan fingerprint density at radius 2 is 1.78 bits per heavy atom. The predicted molar refractivity (Wildman–Crippen MR) is 73.8 cm³/mol. The molecular formula is C13H25ClN2O2. The number of carbonyl (C=O) groups excluding carboxylic acids is 1. The summed E-state index contributed by atoms with van der Waals surface area (Å²) in [5.41, 5.74) is 3.15. The molecule has 106 valence electrons. The molecule has 2 rings (SSSR count). The second kappa shape index (κ2) is 5.66. The number of rotatable bonds is 0. The van der Waals surface area contributed by atoms with Gasteiger partial charge in [-0.05, 0) is 40.0 Å². The fraction of sp³-hybridized carbons (Fsp3) is 0.923. The van der Waals surface area contributed by atoms with E-state index in [4.69, 9.17) is 4.74 Å². The number of nitrogens with zero attached hydrogens (tertiary/aromatic N) is 1. The minimum atomic E-state index is -0.416. The molecule has 5 heteroatoms. The number of hydrazine groups is 1. The first-order chi connectivity index (χ1) is 7.90. The molecule has 0 bridgehead atoms. The Morgan fingerprint density at radius 1 is 1.17 bits per heavy atom. The van der Waals surface area contributed by atoms with Crippen LogP contribution in [0.1, 0.15) is 59.3 Å². The zero-order chi connectivity index (χ0) is 12.5. The van der Waals surface area contributed by atoms with E-state index in [1.54, 1.807) is 5.01 Å². The van der Waals surface area contributed by atoms with Crippen LogP contribution in [0.2, 0.25) is 0 Å². The van der Waals surface area contributed by atoms with Crippen molar-refractivity contribution in [2.75, 3.05) is 6.54 Å². The van der Waals surface area contributed by atoms with Crippen molar-refractivity contribution in [1.82, 2.24) is 10.4 Å². The van der Waals surface area contributed by atoms with Crippen LogP contribution in [-0.4, -0.2) is 28.8 Å². The molecule has 0 unspecified atom stereocenters. The Bertz CT molecular complexity index is 296. The second-order valence-electron chi connectivity index (χ2n) is 6.33. The highest BCUT2D eigenvalue weighted by Gasteiger charge is 2.41. The third-order valence-corrected chi connectivity index (χ3v) is 3.61.